The Labute approximate surface area is 123 Å². The number of hydrogen-bond acceptors (Lipinski definition) is 4. The standard InChI is InChI=1S/C13H18FNO5S/c1-2-7-20-8-3-6-15-21(18,19)12-5-4-10(13(16)17)9-11(12)14/h4-5,9,15H,2-3,6-8H2,1H3,(H,16,17). The van der Waals surface area contributed by atoms with Crippen LogP contribution in [0, 0.1) is 5.82 Å². The number of aromatic carboxylic acids is 1. The molecular weight excluding hydrogens is 301 g/mol. The number of carboxylic acid groups (broad SMARTS) is 1. The average Bonchev–Trinajstić information content (AvgIpc) is 2.42. The number of nitrogens with one attached hydrogen (secondary N) is 1. The molecule has 0 spiro atoms. The second-order valence-electron chi connectivity index (χ2n) is 4.31. The minimum Gasteiger partial charge on any atom is -0.478 e. The Morgan fingerprint density at radius 2 is 2.10 bits per heavy atom. The maximum Gasteiger partial charge on any atom is 0.335 e. The molecule has 0 fully saturated rings. The minimum atomic E-state index is -4.00. The van der Waals surface area contributed by atoms with Crippen LogP contribution in [0.3, 0.4) is 0 Å². The third-order valence-electron chi connectivity index (χ3n) is 2.57. The van der Waals surface area contributed by atoms with E-state index < -0.39 is 26.7 Å². The first-order valence-electron chi connectivity index (χ1n) is 6.48. The van der Waals surface area contributed by atoms with Gasteiger partial charge in [0.15, 0.2) is 0 Å². The Bertz CT molecular complexity index is 588. The number of ether oxygens (including phenoxy) is 1. The van der Waals surface area contributed by atoms with Crippen molar-refractivity contribution in [3.8, 4) is 0 Å². The topological polar surface area (TPSA) is 92.7 Å². The molecule has 1 rings (SSSR count). The highest BCUT2D eigenvalue weighted by atomic mass is 32.2. The Morgan fingerprint density at radius 3 is 2.67 bits per heavy atom. The summed E-state index contributed by atoms with van der Waals surface area (Å²) in [5, 5.41) is 8.70. The summed E-state index contributed by atoms with van der Waals surface area (Å²) in [6, 6.07) is 2.67. The molecule has 0 unspecified atom stereocenters. The van der Waals surface area contributed by atoms with Crippen LogP contribution in [-0.4, -0.2) is 39.3 Å². The fraction of sp³-hybridized carbons (Fsp3) is 0.462. The molecule has 6 nitrogen and oxygen atoms in total. The van der Waals surface area contributed by atoms with Gasteiger partial charge in [-0.1, -0.05) is 6.92 Å². The van der Waals surface area contributed by atoms with Crippen LogP contribution in [0.25, 0.3) is 0 Å². The quantitative estimate of drug-likeness (QED) is 0.675. The number of halogens is 1. The SMILES string of the molecule is CCCOCCCNS(=O)(=O)c1ccc(C(=O)O)cc1F. The molecule has 0 heterocycles. The lowest BCUT2D eigenvalue weighted by Crippen LogP contribution is -2.26. The van der Waals surface area contributed by atoms with E-state index in [0.717, 1.165) is 18.6 Å². The molecule has 0 aliphatic carbocycles. The predicted molar refractivity (Wildman–Crippen MR) is 74.3 cm³/mol. The Hall–Kier alpha value is -1.51. The fourth-order valence-electron chi connectivity index (χ4n) is 1.56. The van der Waals surface area contributed by atoms with E-state index >= 15 is 0 Å². The smallest absolute Gasteiger partial charge is 0.335 e. The monoisotopic (exact) mass is 319 g/mol. The van der Waals surface area contributed by atoms with E-state index in [-0.39, 0.29) is 12.1 Å². The highest BCUT2D eigenvalue weighted by molar-refractivity contribution is 7.89. The second kappa shape index (κ2) is 8.06. The molecule has 0 aliphatic rings. The molecule has 0 saturated heterocycles. The number of sulfonamides is 1. The van der Waals surface area contributed by atoms with Crippen LogP contribution in [0.1, 0.15) is 30.1 Å². The third kappa shape index (κ3) is 5.41. The van der Waals surface area contributed by atoms with Crippen LogP contribution in [0.5, 0.6) is 0 Å². The van der Waals surface area contributed by atoms with Crippen molar-refractivity contribution in [2.24, 2.45) is 0 Å². The van der Waals surface area contributed by atoms with E-state index in [1.54, 1.807) is 0 Å². The summed E-state index contributed by atoms with van der Waals surface area (Å²) in [6.07, 6.45) is 1.35. The second-order valence-corrected chi connectivity index (χ2v) is 6.05. The molecule has 1 aromatic rings. The molecule has 0 aliphatic heterocycles. The van der Waals surface area contributed by atoms with Gasteiger partial charge in [-0.15, -0.1) is 0 Å². The van der Waals surface area contributed by atoms with E-state index in [1.807, 2.05) is 6.92 Å². The van der Waals surface area contributed by atoms with Crippen LogP contribution in [0.15, 0.2) is 23.1 Å². The lowest BCUT2D eigenvalue weighted by Gasteiger charge is -2.08. The summed E-state index contributed by atoms with van der Waals surface area (Å²) >= 11 is 0. The summed E-state index contributed by atoms with van der Waals surface area (Å²) in [6.45, 7) is 3.10. The van der Waals surface area contributed by atoms with Gasteiger partial charge in [-0.3, -0.25) is 0 Å². The summed E-state index contributed by atoms with van der Waals surface area (Å²) in [7, 11) is -4.00. The first-order valence-corrected chi connectivity index (χ1v) is 7.97. The number of hydrogen-bond donors (Lipinski definition) is 2. The van der Waals surface area contributed by atoms with E-state index in [9.17, 15) is 17.6 Å². The molecule has 8 heteroatoms. The maximum atomic E-state index is 13.7. The van der Waals surface area contributed by atoms with Gasteiger partial charge in [0.1, 0.15) is 10.7 Å². The first-order chi connectivity index (χ1) is 9.88. The van der Waals surface area contributed by atoms with Gasteiger partial charge in [-0.2, -0.15) is 0 Å². The van der Waals surface area contributed by atoms with Crippen LogP contribution >= 0.6 is 0 Å². The summed E-state index contributed by atoms with van der Waals surface area (Å²) in [4.78, 5) is 10.1. The molecule has 0 radical (unpaired) electrons. The largest absolute Gasteiger partial charge is 0.478 e. The molecule has 118 valence electrons. The highest BCUT2D eigenvalue weighted by Crippen LogP contribution is 2.16. The van der Waals surface area contributed by atoms with Crippen LogP contribution < -0.4 is 4.72 Å². The molecule has 1 aromatic carbocycles. The Kier molecular flexibility index (Phi) is 6.73. The van der Waals surface area contributed by atoms with Crippen LogP contribution in [-0.2, 0) is 14.8 Å². The Balaban J connectivity index is 2.64. The van der Waals surface area contributed by atoms with Crippen molar-refractivity contribution in [2.45, 2.75) is 24.7 Å². The van der Waals surface area contributed by atoms with Crippen molar-refractivity contribution in [2.75, 3.05) is 19.8 Å². The number of carboxylic acids is 1. The maximum absolute atomic E-state index is 13.7. The molecule has 0 atom stereocenters. The minimum absolute atomic E-state index is 0.117. The zero-order chi connectivity index (χ0) is 15.9. The van der Waals surface area contributed by atoms with Crippen molar-refractivity contribution in [1.29, 1.82) is 0 Å². The van der Waals surface area contributed by atoms with Crippen LogP contribution in [0.4, 0.5) is 4.39 Å². The van der Waals surface area contributed by atoms with Gasteiger partial charge in [0, 0.05) is 19.8 Å². The lowest BCUT2D eigenvalue weighted by molar-refractivity contribution is 0.0696. The van der Waals surface area contributed by atoms with Gasteiger partial charge in [-0.25, -0.2) is 22.3 Å². The molecule has 2 N–H and O–H groups in total. The zero-order valence-corrected chi connectivity index (χ0v) is 12.5. The van der Waals surface area contributed by atoms with Gasteiger partial charge in [0.25, 0.3) is 0 Å². The fourth-order valence-corrected chi connectivity index (χ4v) is 2.69. The molecular formula is C13H18FNO5S. The van der Waals surface area contributed by atoms with Gasteiger partial charge in [0.2, 0.25) is 10.0 Å². The van der Waals surface area contributed by atoms with Crippen molar-refractivity contribution in [3.05, 3.63) is 29.6 Å². The molecule has 0 bridgehead atoms. The van der Waals surface area contributed by atoms with Gasteiger partial charge >= 0.3 is 5.97 Å². The van der Waals surface area contributed by atoms with E-state index in [2.05, 4.69) is 4.72 Å². The summed E-state index contributed by atoms with van der Waals surface area (Å²) < 4.78 is 44.9. The number of carbonyl (C=O) groups is 1. The normalized spacial score (nSPS) is 11.5. The Morgan fingerprint density at radius 1 is 1.38 bits per heavy atom. The summed E-state index contributed by atoms with van der Waals surface area (Å²) in [5.41, 5.74) is -0.306. The predicted octanol–water partition coefficient (Wildman–Crippen LogP) is 1.62. The van der Waals surface area contributed by atoms with E-state index in [1.165, 1.54) is 0 Å². The van der Waals surface area contributed by atoms with Crippen molar-refractivity contribution >= 4 is 16.0 Å². The summed E-state index contributed by atoms with van der Waals surface area (Å²) in [5.74, 6) is -2.41. The first kappa shape index (κ1) is 17.5. The highest BCUT2D eigenvalue weighted by Gasteiger charge is 2.19. The lowest BCUT2D eigenvalue weighted by atomic mass is 10.2. The number of rotatable bonds is 9. The molecule has 0 saturated carbocycles. The van der Waals surface area contributed by atoms with Gasteiger partial charge in [-0.05, 0) is 31.0 Å². The van der Waals surface area contributed by atoms with Gasteiger partial charge in [0.05, 0.1) is 5.56 Å². The zero-order valence-electron chi connectivity index (χ0n) is 11.6. The van der Waals surface area contributed by atoms with Crippen molar-refractivity contribution in [1.82, 2.24) is 4.72 Å². The van der Waals surface area contributed by atoms with Gasteiger partial charge < -0.3 is 9.84 Å². The van der Waals surface area contributed by atoms with E-state index in [0.29, 0.717) is 25.7 Å². The average molecular weight is 319 g/mol. The van der Waals surface area contributed by atoms with Crippen LogP contribution in [0.2, 0.25) is 0 Å². The third-order valence-corrected chi connectivity index (χ3v) is 4.07. The number of benzene rings is 1. The van der Waals surface area contributed by atoms with E-state index in [4.69, 9.17) is 9.84 Å². The molecule has 21 heavy (non-hydrogen) atoms. The molecule has 0 amide bonds. The van der Waals surface area contributed by atoms with Crippen molar-refractivity contribution in [3.63, 3.8) is 0 Å². The van der Waals surface area contributed by atoms with Crippen molar-refractivity contribution < 1.29 is 27.4 Å². The molecule has 0 aromatic heterocycles.